The molecule has 1 saturated heterocycles. The van der Waals surface area contributed by atoms with Crippen molar-refractivity contribution in [3.63, 3.8) is 0 Å². The second kappa shape index (κ2) is 9.99. The summed E-state index contributed by atoms with van der Waals surface area (Å²) in [6.45, 7) is 10.0. The Balaban J connectivity index is 1.65. The maximum absolute atomic E-state index is 15.1. The van der Waals surface area contributed by atoms with Gasteiger partial charge < -0.3 is 20.2 Å². The standard InChI is InChI=1S/C25H30ClF3N6O/c1-5-34-9-11-35(12-10-34)19-13-17-22(31-15(2)32-23(17)33-21(19)26)30-14-16-7-6-8-18(20(16)27)25(28,29)24(3,4)36/h6-8,13,36H,5,9-12,14H2,1-4H3,(H,30,31,32,33). The molecule has 36 heavy (non-hydrogen) atoms. The van der Waals surface area contributed by atoms with Gasteiger partial charge in [-0.25, -0.2) is 19.3 Å². The van der Waals surface area contributed by atoms with E-state index in [2.05, 4.69) is 37.0 Å². The zero-order chi connectivity index (χ0) is 26.3. The molecular weight excluding hydrogens is 493 g/mol. The summed E-state index contributed by atoms with van der Waals surface area (Å²) >= 11 is 6.51. The smallest absolute Gasteiger partial charge is 0.303 e. The first-order valence-electron chi connectivity index (χ1n) is 11.9. The van der Waals surface area contributed by atoms with Crippen LogP contribution in [0.15, 0.2) is 24.3 Å². The molecule has 1 aromatic carbocycles. The minimum Gasteiger partial charge on any atom is -0.384 e. The number of nitrogens with zero attached hydrogens (tertiary/aromatic N) is 5. The van der Waals surface area contributed by atoms with Crippen molar-refractivity contribution >= 4 is 34.1 Å². The maximum Gasteiger partial charge on any atom is 0.303 e. The van der Waals surface area contributed by atoms with Gasteiger partial charge in [0.1, 0.15) is 23.1 Å². The van der Waals surface area contributed by atoms with Crippen LogP contribution in [0.25, 0.3) is 11.0 Å². The Labute approximate surface area is 213 Å². The van der Waals surface area contributed by atoms with Crippen LogP contribution in [0.3, 0.4) is 0 Å². The Hall–Kier alpha value is -2.69. The van der Waals surface area contributed by atoms with Crippen molar-refractivity contribution in [1.29, 1.82) is 0 Å². The number of hydrogen-bond acceptors (Lipinski definition) is 7. The average molecular weight is 523 g/mol. The quantitative estimate of drug-likeness (QED) is 0.434. The van der Waals surface area contributed by atoms with Crippen molar-refractivity contribution in [2.24, 2.45) is 0 Å². The van der Waals surface area contributed by atoms with Crippen LogP contribution in [0.5, 0.6) is 0 Å². The number of hydrogen-bond donors (Lipinski definition) is 2. The van der Waals surface area contributed by atoms with E-state index in [0.29, 0.717) is 27.8 Å². The zero-order valence-corrected chi connectivity index (χ0v) is 21.5. The van der Waals surface area contributed by atoms with Gasteiger partial charge in [0.05, 0.1) is 16.6 Å². The normalized spacial score (nSPS) is 15.5. The van der Waals surface area contributed by atoms with Crippen LogP contribution in [0.4, 0.5) is 24.7 Å². The Bertz CT molecular complexity index is 1260. The predicted molar refractivity (Wildman–Crippen MR) is 135 cm³/mol. The first-order valence-corrected chi connectivity index (χ1v) is 12.2. The van der Waals surface area contributed by atoms with Crippen LogP contribution in [0.2, 0.25) is 5.15 Å². The van der Waals surface area contributed by atoms with Crippen molar-refractivity contribution < 1.29 is 18.3 Å². The predicted octanol–water partition coefficient (Wildman–Crippen LogP) is 4.74. The summed E-state index contributed by atoms with van der Waals surface area (Å²) in [6.07, 6.45) is 0. The molecule has 0 atom stereocenters. The summed E-state index contributed by atoms with van der Waals surface area (Å²) in [4.78, 5) is 17.8. The first kappa shape index (κ1) is 26.4. The van der Waals surface area contributed by atoms with E-state index in [1.54, 1.807) is 6.92 Å². The van der Waals surface area contributed by atoms with E-state index in [-0.39, 0.29) is 12.1 Å². The average Bonchev–Trinajstić information content (AvgIpc) is 2.82. The number of aromatic nitrogens is 3. The lowest BCUT2D eigenvalue weighted by molar-refractivity contribution is -0.170. The zero-order valence-electron chi connectivity index (χ0n) is 20.7. The van der Waals surface area contributed by atoms with Gasteiger partial charge in [0, 0.05) is 38.3 Å². The molecule has 2 N–H and O–H groups in total. The number of benzene rings is 1. The molecule has 0 radical (unpaired) electrons. The molecule has 0 amide bonds. The van der Waals surface area contributed by atoms with Gasteiger partial charge in [-0.3, -0.25) is 0 Å². The number of aryl methyl sites for hydroxylation is 1. The monoisotopic (exact) mass is 522 g/mol. The van der Waals surface area contributed by atoms with Crippen LogP contribution < -0.4 is 10.2 Å². The van der Waals surface area contributed by atoms with E-state index >= 15 is 4.39 Å². The lowest BCUT2D eigenvalue weighted by Crippen LogP contribution is -2.46. The van der Waals surface area contributed by atoms with Crippen molar-refractivity contribution in [3.8, 4) is 0 Å². The molecule has 2 aromatic heterocycles. The van der Waals surface area contributed by atoms with E-state index in [9.17, 15) is 13.9 Å². The molecule has 4 rings (SSSR count). The van der Waals surface area contributed by atoms with Gasteiger partial charge in [-0.05, 0) is 39.4 Å². The molecule has 1 fully saturated rings. The second-order valence-electron chi connectivity index (χ2n) is 9.48. The Morgan fingerprint density at radius 3 is 2.44 bits per heavy atom. The third-order valence-electron chi connectivity index (χ3n) is 6.53. The van der Waals surface area contributed by atoms with Crippen LogP contribution in [-0.2, 0) is 12.5 Å². The third-order valence-corrected chi connectivity index (χ3v) is 6.80. The third kappa shape index (κ3) is 5.07. The highest BCUT2D eigenvalue weighted by atomic mass is 35.5. The topological polar surface area (TPSA) is 77.4 Å². The number of fused-ring (bicyclic) bond motifs is 1. The molecule has 0 bridgehead atoms. The molecule has 7 nitrogen and oxygen atoms in total. The van der Waals surface area contributed by atoms with Crippen LogP contribution >= 0.6 is 11.6 Å². The Kier molecular flexibility index (Phi) is 7.32. The summed E-state index contributed by atoms with van der Waals surface area (Å²) < 4.78 is 44.5. The summed E-state index contributed by atoms with van der Waals surface area (Å²) in [7, 11) is 0. The molecule has 3 aromatic rings. The first-order chi connectivity index (χ1) is 16.9. The van der Waals surface area contributed by atoms with Gasteiger partial charge in [-0.15, -0.1) is 0 Å². The number of likely N-dealkylation sites (N-methyl/N-ethyl adjacent to an activating group) is 1. The van der Waals surface area contributed by atoms with E-state index in [1.165, 1.54) is 12.1 Å². The van der Waals surface area contributed by atoms with E-state index in [4.69, 9.17) is 11.6 Å². The molecule has 1 aliphatic heterocycles. The summed E-state index contributed by atoms with van der Waals surface area (Å²) in [5, 5.41) is 13.9. The molecule has 11 heteroatoms. The van der Waals surface area contributed by atoms with Gasteiger partial charge in [0.2, 0.25) is 0 Å². The van der Waals surface area contributed by atoms with Crippen LogP contribution in [0.1, 0.15) is 37.7 Å². The van der Waals surface area contributed by atoms with E-state index < -0.39 is 22.9 Å². The fourth-order valence-electron chi connectivity index (χ4n) is 4.26. The van der Waals surface area contributed by atoms with Gasteiger partial charge in [0.15, 0.2) is 10.8 Å². The Morgan fingerprint density at radius 2 is 1.81 bits per heavy atom. The number of anilines is 2. The Morgan fingerprint density at radius 1 is 1.11 bits per heavy atom. The molecule has 3 heterocycles. The van der Waals surface area contributed by atoms with Crippen LogP contribution in [-0.4, -0.2) is 63.3 Å². The molecule has 1 aliphatic rings. The van der Waals surface area contributed by atoms with Crippen molar-refractivity contribution in [2.75, 3.05) is 42.9 Å². The van der Waals surface area contributed by atoms with Gasteiger partial charge >= 0.3 is 5.92 Å². The molecule has 0 aliphatic carbocycles. The largest absolute Gasteiger partial charge is 0.384 e. The number of alkyl halides is 2. The van der Waals surface area contributed by atoms with Gasteiger partial charge in [-0.2, -0.15) is 8.78 Å². The fourth-order valence-corrected chi connectivity index (χ4v) is 4.51. The van der Waals surface area contributed by atoms with Crippen molar-refractivity contribution in [2.45, 2.75) is 45.8 Å². The fraction of sp³-hybridized carbons (Fsp3) is 0.480. The van der Waals surface area contributed by atoms with Crippen LogP contribution in [0, 0.1) is 12.7 Å². The second-order valence-corrected chi connectivity index (χ2v) is 9.83. The van der Waals surface area contributed by atoms with E-state index in [0.717, 1.165) is 58.3 Å². The van der Waals surface area contributed by atoms with Crippen molar-refractivity contribution in [3.05, 3.63) is 52.2 Å². The number of aliphatic hydroxyl groups is 1. The molecule has 0 saturated carbocycles. The SMILES string of the molecule is CCN1CCN(c2cc3c(NCc4cccc(C(F)(F)C(C)(C)O)c4F)nc(C)nc3nc2Cl)CC1. The maximum atomic E-state index is 15.1. The van der Waals surface area contributed by atoms with E-state index in [1.807, 2.05) is 6.07 Å². The molecule has 194 valence electrons. The summed E-state index contributed by atoms with van der Waals surface area (Å²) in [5.74, 6) is -4.03. The minimum absolute atomic E-state index is 0.0127. The highest BCUT2D eigenvalue weighted by molar-refractivity contribution is 6.32. The highest BCUT2D eigenvalue weighted by Crippen LogP contribution is 2.40. The van der Waals surface area contributed by atoms with Crippen molar-refractivity contribution in [1.82, 2.24) is 19.9 Å². The highest BCUT2D eigenvalue weighted by Gasteiger charge is 2.49. The van der Waals surface area contributed by atoms with Gasteiger partial charge in [0.25, 0.3) is 0 Å². The number of nitrogens with one attached hydrogen (secondary N) is 1. The lowest BCUT2D eigenvalue weighted by atomic mass is 9.92. The number of pyridine rings is 1. The number of rotatable bonds is 7. The molecular formula is C25H30ClF3N6O. The minimum atomic E-state index is -3.78. The summed E-state index contributed by atoms with van der Waals surface area (Å²) in [5.41, 5.74) is -2.13. The molecule has 0 spiro atoms. The summed E-state index contributed by atoms with van der Waals surface area (Å²) in [6, 6.07) is 5.60. The number of halogens is 4. The molecule has 0 unspecified atom stereocenters. The lowest BCUT2D eigenvalue weighted by Gasteiger charge is -2.35. The van der Waals surface area contributed by atoms with Gasteiger partial charge in [-0.1, -0.05) is 30.7 Å². The number of piperazine rings is 1.